The van der Waals surface area contributed by atoms with Gasteiger partial charge in [0.1, 0.15) is 13.2 Å². The molecule has 0 radical (unpaired) electrons. The van der Waals surface area contributed by atoms with Gasteiger partial charge in [0, 0.05) is 12.8 Å². The van der Waals surface area contributed by atoms with Crippen LogP contribution >= 0.6 is 0 Å². The monoisotopic (exact) mass is 526 g/mol. The van der Waals surface area contributed by atoms with E-state index < -0.39 is 6.10 Å². The average molecular weight is 527 g/mol. The highest BCUT2D eigenvalue weighted by Crippen LogP contribution is 2.16. The molecule has 0 rings (SSSR count). The Labute approximate surface area is 228 Å². The molecule has 0 amide bonds. The van der Waals surface area contributed by atoms with Crippen molar-refractivity contribution in [3.05, 3.63) is 0 Å². The highest BCUT2D eigenvalue weighted by molar-refractivity contribution is 5.72. The Hall–Kier alpha value is -1.59. The predicted molar refractivity (Wildman–Crippen MR) is 150 cm³/mol. The number of carbonyl (C=O) groups excluding carboxylic acids is 3. The molecule has 0 aromatic carbocycles. The van der Waals surface area contributed by atoms with Crippen molar-refractivity contribution >= 4 is 17.9 Å². The van der Waals surface area contributed by atoms with Crippen LogP contribution in [0.2, 0.25) is 0 Å². The van der Waals surface area contributed by atoms with Crippen molar-refractivity contribution < 1.29 is 28.6 Å². The smallest absolute Gasteiger partial charge is 0.309 e. The van der Waals surface area contributed by atoms with Crippen LogP contribution in [-0.2, 0) is 28.6 Å². The first-order valence-corrected chi connectivity index (χ1v) is 15.5. The zero-order chi connectivity index (χ0) is 27.6. The maximum atomic E-state index is 12.5. The van der Waals surface area contributed by atoms with E-state index in [-0.39, 0.29) is 37.0 Å². The second-order valence-corrected chi connectivity index (χ2v) is 10.4. The van der Waals surface area contributed by atoms with Gasteiger partial charge in [0.25, 0.3) is 0 Å². The molecule has 0 saturated heterocycles. The van der Waals surface area contributed by atoms with Gasteiger partial charge >= 0.3 is 17.9 Å². The van der Waals surface area contributed by atoms with Gasteiger partial charge in [-0.2, -0.15) is 0 Å². The first-order chi connectivity index (χ1) is 18.0. The Kier molecular flexibility index (Phi) is 24.9. The molecule has 6 heteroatoms. The van der Waals surface area contributed by atoms with Crippen LogP contribution in [0.1, 0.15) is 156 Å². The van der Waals surface area contributed by atoms with Crippen LogP contribution in [-0.4, -0.2) is 37.2 Å². The summed E-state index contributed by atoms with van der Waals surface area (Å²) in [6.45, 7) is 8.33. The fourth-order valence-corrected chi connectivity index (χ4v) is 4.30. The van der Waals surface area contributed by atoms with E-state index in [2.05, 4.69) is 20.8 Å². The Morgan fingerprint density at radius 1 is 0.541 bits per heavy atom. The fraction of sp³-hybridized carbons (Fsp3) is 0.903. The van der Waals surface area contributed by atoms with Gasteiger partial charge in [-0.15, -0.1) is 0 Å². The lowest BCUT2D eigenvalue weighted by Crippen LogP contribution is -2.32. The maximum absolute atomic E-state index is 12.5. The molecule has 0 saturated carbocycles. The lowest BCUT2D eigenvalue weighted by Gasteiger charge is -2.20. The standard InChI is InChI=1S/C31H58O6/c1-5-9-12-14-16-18-20-23-29(32)35-25-28(26-36-31(34)27(8-4)22-11-7-3)37-30(33)24-21-19-17-15-13-10-6-2/h27-28H,5-26H2,1-4H3. The van der Waals surface area contributed by atoms with E-state index in [9.17, 15) is 14.4 Å². The molecular weight excluding hydrogens is 468 g/mol. The maximum Gasteiger partial charge on any atom is 0.309 e. The van der Waals surface area contributed by atoms with E-state index >= 15 is 0 Å². The van der Waals surface area contributed by atoms with Gasteiger partial charge in [-0.1, -0.05) is 118 Å². The predicted octanol–water partition coefficient (Wildman–Crippen LogP) is 8.48. The Bertz CT molecular complexity index is 562. The molecule has 218 valence electrons. The van der Waals surface area contributed by atoms with E-state index in [0.717, 1.165) is 64.2 Å². The molecule has 6 nitrogen and oxygen atoms in total. The summed E-state index contributed by atoms with van der Waals surface area (Å²) in [6.07, 6.45) is 19.2. The minimum absolute atomic E-state index is 0.0723. The molecular formula is C31H58O6. The van der Waals surface area contributed by atoms with E-state index in [1.165, 1.54) is 51.4 Å². The van der Waals surface area contributed by atoms with Crippen molar-refractivity contribution in [2.45, 2.75) is 162 Å². The highest BCUT2D eigenvalue weighted by atomic mass is 16.6. The summed E-state index contributed by atoms with van der Waals surface area (Å²) >= 11 is 0. The van der Waals surface area contributed by atoms with Crippen molar-refractivity contribution in [1.82, 2.24) is 0 Å². The molecule has 2 atom stereocenters. The first kappa shape index (κ1) is 35.4. The van der Waals surface area contributed by atoms with Crippen LogP contribution in [0.5, 0.6) is 0 Å². The number of carbonyl (C=O) groups is 3. The van der Waals surface area contributed by atoms with Crippen LogP contribution in [0.4, 0.5) is 0 Å². The molecule has 0 aliphatic carbocycles. The Balaban J connectivity index is 4.53. The minimum Gasteiger partial charge on any atom is -0.462 e. The molecule has 0 aromatic heterocycles. The Morgan fingerprint density at radius 2 is 1.00 bits per heavy atom. The van der Waals surface area contributed by atoms with Crippen molar-refractivity contribution in [3.8, 4) is 0 Å². The summed E-state index contributed by atoms with van der Waals surface area (Å²) < 4.78 is 16.5. The van der Waals surface area contributed by atoms with Gasteiger partial charge in [-0.25, -0.2) is 0 Å². The van der Waals surface area contributed by atoms with Crippen LogP contribution in [0.15, 0.2) is 0 Å². The third-order valence-corrected chi connectivity index (χ3v) is 6.84. The summed E-state index contributed by atoms with van der Waals surface area (Å²) in [5.41, 5.74) is 0. The minimum atomic E-state index is -0.761. The average Bonchev–Trinajstić information content (AvgIpc) is 2.89. The second kappa shape index (κ2) is 26.0. The van der Waals surface area contributed by atoms with E-state index in [1.807, 2.05) is 6.92 Å². The lowest BCUT2D eigenvalue weighted by atomic mass is 10.00. The summed E-state index contributed by atoms with van der Waals surface area (Å²) in [5, 5.41) is 0. The van der Waals surface area contributed by atoms with Crippen LogP contribution < -0.4 is 0 Å². The van der Waals surface area contributed by atoms with Crippen molar-refractivity contribution in [2.24, 2.45) is 5.92 Å². The molecule has 0 heterocycles. The van der Waals surface area contributed by atoms with E-state index in [4.69, 9.17) is 14.2 Å². The lowest BCUT2D eigenvalue weighted by molar-refractivity contribution is -0.168. The Morgan fingerprint density at radius 3 is 1.51 bits per heavy atom. The molecule has 0 fully saturated rings. The zero-order valence-electron chi connectivity index (χ0n) is 24.7. The number of esters is 3. The summed E-state index contributed by atoms with van der Waals surface area (Å²) in [6, 6.07) is 0. The molecule has 0 N–H and O–H groups in total. The van der Waals surface area contributed by atoms with E-state index in [0.29, 0.717) is 12.8 Å². The fourth-order valence-electron chi connectivity index (χ4n) is 4.30. The van der Waals surface area contributed by atoms with Gasteiger partial charge in [0.2, 0.25) is 0 Å². The molecule has 0 bridgehead atoms. The highest BCUT2D eigenvalue weighted by Gasteiger charge is 2.22. The molecule has 0 aliphatic rings. The largest absolute Gasteiger partial charge is 0.462 e. The number of ether oxygens (including phenoxy) is 3. The second-order valence-electron chi connectivity index (χ2n) is 10.4. The number of hydrogen-bond acceptors (Lipinski definition) is 6. The van der Waals surface area contributed by atoms with Crippen molar-refractivity contribution in [2.75, 3.05) is 13.2 Å². The van der Waals surface area contributed by atoms with Crippen molar-refractivity contribution in [1.29, 1.82) is 0 Å². The molecule has 0 aliphatic heterocycles. The quantitative estimate of drug-likeness (QED) is 0.0639. The molecule has 37 heavy (non-hydrogen) atoms. The zero-order valence-corrected chi connectivity index (χ0v) is 24.7. The first-order valence-electron chi connectivity index (χ1n) is 15.5. The summed E-state index contributed by atoms with van der Waals surface area (Å²) in [4.78, 5) is 37.2. The summed E-state index contributed by atoms with van der Waals surface area (Å²) in [5.74, 6) is -1.03. The van der Waals surface area contributed by atoms with Gasteiger partial charge in [-0.05, 0) is 25.7 Å². The van der Waals surface area contributed by atoms with E-state index in [1.54, 1.807) is 0 Å². The summed E-state index contributed by atoms with van der Waals surface area (Å²) in [7, 11) is 0. The number of rotatable bonds is 26. The number of unbranched alkanes of at least 4 members (excludes halogenated alkanes) is 13. The molecule has 2 unspecified atom stereocenters. The normalized spacial score (nSPS) is 12.6. The molecule has 0 aromatic rings. The SMILES string of the molecule is CCCCCCCCCC(=O)OCC(COC(=O)C(CC)CCCC)OC(=O)CCCCCCCCC. The van der Waals surface area contributed by atoms with Gasteiger partial charge in [0.05, 0.1) is 5.92 Å². The number of hydrogen-bond donors (Lipinski definition) is 0. The van der Waals surface area contributed by atoms with Crippen LogP contribution in [0.3, 0.4) is 0 Å². The molecule has 0 spiro atoms. The van der Waals surface area contributed by atoms with Gasteiger partial charge in [0.15, 0.2) is 6.10 Å². The van der Waals surface area contributed by atoms with Gasteiger partial charge < -0.3 is 14.2 Å². The third kappa shape index (κ3) is 22.1. The van der Waals surface area contributed by atoms with Gasteiger partial charge in [-0.3, -0.25) is 14.4 Å². The topological polar surface area (TPSA) is 78.9 Å². The van der Waals surface area contributed by atoms with Crippen LogP contribution in [0, 0.1) is 5.92 Å². The third-order valence-electron chi connectivity index (χ3n) is 6.84. The van der Waals surface area contributed by atoms with Crippen LogP contribution in [0.25, 0.3) is 0 Å². The van der Waals surface area contributed by atoms with Crippen molar-refractivity contribution in [3.63, 3.8) is 0 Å².